The van der Waals surface area contributed by atoms with Crippen LogP contribution in [0.25, 0.3) is 5.57 Å². The number of aromatic nitrogens is 2. The number of aliphatic hydroxyl groups excluding tert-OH is 1. The van der Waals surface area contributed by atoms with Crippen LogP contribution in [0.3, 0.4) is 0 Å². The van der Waals surface area contributed by atoms with Crippen LogP contribution in [0.15, 0.2) is 30.3 Å². The Morgan fingerprint density at radius 3 is 2.55 bits per heavy atom. The van der Waals surface area contributed by atoms with Gasteiger partial charge >= 0.3 is 0 Å². The molecular weight excluding hydrogens is 416 g/mol. The first kappa shape index (κ1) is 22.3. The number of anilines is 1. The van der Waals surface area contributed by atoms with E-state index in [1.807, 2.05) is 24.3 Å². The summed E-state index contributed by atoms with van der Waals surface area (Å²) >= 11 is 0. The quantitative estimate of drug-likeness (QED) is 0.725. The van der Waals surface area contributed by atoms with E-state index >= 15 is 0 Å². The molecule has 1 saturated heterocycles. The van der Waals surface area contributed by atoms with Crippen molar-refractivity contribution in [2.45, 2.75) is 38.2 Å². The van der Waals surface area contributed by atoms with Gasteiger partial charge in [0.15, 0.2) is 5.82 Å². The monoisotopic (exact) mass is 450 g/mol. The second-order valence-electron chi connectivity index (χ2n) is 9.13. The molecule has 7 nitrogen and oxygen atoms in total. The number of ether oxygens (including phenoxy) is 2. The van der Waals surface area contributed by atoms with E-state index in [9.17, 15) is 5.11 Å². The second-order valence-corrected chi connectivity index (χ2v) is 9.13. The van der Waals surface area contributed by atoms with Gasteiger partial charge in [0.25, 0.3) is 0 Å². The van der Waals surface area contributed by atoms with Gasteiger partial charge < -0.3 is 19.5 Å². The zero-order valence-electron chi connectivity index (χ0n) is 19.5. The standard InChI is InChI=1S/C26H34N4O3/c1-32-21-8-6-19(7-9-21)24(31)18-29-12-10-20(11-13-29)25-27-23-5-3-2-4-22(23)26(28-25)30-14-16-33-17-15-30/h6-10,24,31H,2-5,11-18H2,1H3/t24-/m0/s1. The first-order valence-electron chi connectivity index (χ1n) is 12.2. The summed E-state index contributed by atoms with van der Waals surface area (Å²) in [5.74, 6) is 2.83. The van der Waals surface area contributed by atoms with Gasteiger partial charge in [-0.2, -0.15) is 0 Å². The van der Waals surface area contributed by atoms with Crippen LogP contribution in [0.2, 0.25) is 0 Å². The number of aryl methyl sites for hydroxylation is 1. The molecule has 33 heavy (non-hydrogen) atoms. The molecule has 3 aliphatic rings. The summed E-state index contributed by atoms with van der Waals surface area (Å²) in [6, 6.07) is 7.66. The number of hydrogen-bond acceptors (Lipinski definition) is 7. The zero-order valence-corrected chi connectivity index (χ0v) is 19.5. The average molecular weight is 451 g/mol. The van der Waals surface area contributed by atoms with E-state index in [2.05, 4.69) is 15.9 Å². The Bertz CT molecular complexity index is 986. The molecule has 0 bridgehead atoms. The third kappa shape index (κ3) is 5.05. The molecule has 2 aromatic rings. The van der Waals surface area contributed by atoms with Gasteiger partial charge in [0.05, 0.1) is 26.4 Å². The predicted octanol–water partition coefficient (Wildman–Crippen LogP) is 3.02. The summed E-state index contributed by atoms with van der Waals surface area (Å²) in [6.07, 6.45) is 7.20. The SMILES string of the molecule is COc1ccc([C@@H](O)CN2CC=C(c3nc4c(c(N5CCOCC5)n3)CCCC4)CC2)cc1. The highest BCUT2D eigenvalue weighted by Crippen LogP contribution is 2.31. The lowest BCUT2D eigenvalue weighted by molar-refractivity contribution is 0.119. The first-order chi connectivity index (χ1) is 16.2. The van der Waals surface area contributed by atoms with Crippen molar-refractivity contribution in [3.8, 4) is 5.75 Å². The maximum atomic E-state index is 10.7. The van der Waals surface area contributed by atoms with Crippen molar-refractivity contribution in [2.24, 2.45) is 0 Å². The highest BCUT2D eigenvalue weighted by Gasteiger charge is 2.25. The minimum atomic E-state index is -0.515. The normalized spacial score (nSPS) is 20.2. The van der Waals surface area contributed by atoms with Gasteiger partial charge in [-0.25, -0.2) is 9.97 Å². The van der Waals surface area contributed by atoms with Crippen molar-refractivity contribution in [1.29, 1.82) is 0 Å². The lowest BCUT2D eigenvalue weighted by Gasteiger charge is -2.32. The summed E-state index contributed by atoms with van der Waals surface area (Å²) in [6.45, 7) is 5.64. The molecule has 2 aliphatic heterocycles. The van der Waals surface area contributed by atoms with Crippen molar-refractivity contribution in [3.05, 3.63) is 53.0 Å². The number of morpholine rings is 1. The van der Waals surface area contributed by atoms with Crippen molar-refractivity contribution in [2.75, 3.05) is 57.9 Å². The van der Waals surface area contributed by atoms with E-state index in [-0.39, 0.29) is 0 Å². The molecule has 1 aliphatic carbocycles. The molecule has 1 fully saturated rings. The molecular formula is C26H34N4O3. The summed E-state index contributed by atoms with van der Waals surface area (Å²) in [4.78, 5) is 14.8. The Balaban J connectivity index is 1.30. The van der Waals surface area contributed by atoms with E-state index < -0.39 is 6.10 Å². The molecule has 1 aromatic heterocycles. The van der Waals surface area contributed by atoms with Crippen molar-refractivity contribution >= 4 is 11.4 Å². The van der Waals surface area contributed by atoms with Gasteiger partial charge in [0, 0.05) is 44.0 Å². The van der Waals surface area contributed by atoms with Gasteiger partial charge in [0.2, 0.25) is 0 Å². The fraction of sp³-hybridized carbons (Fsp3) is 0.538. The zero-order chi connectivity index (χ0) is 22.6. The third-order valence-electron chi connectivity index (χ3n) is 6.98. The fourth-order valence-electron chi connectivity index (χ4n) is 5.01. The highest BCUT2D eigenvalue weighted by molar-refractivity contribution is 5.64. The van der Waals surface area contributed by atoms with Crippen molar-refractivity contribution < 1.29 is 14.6 Å². The molecule has 0 unspecified atom stereocenters. The highest BCUT2D eigenvalue weighted by atomic mass is 16.5. The molecule has 1 aromatic carbocycles. The van der Waals surface area contributed by atoms with Crippen molar-refractivity contribution in [3.63, 3.8) is 0 Å². The van der Waals surface area contributed by atoms with Gasteiger partial charge in [0.1, 0.15) is 11.6 Å². The minimum absolute atomic E-state index is 0.515. The lowest BCUT2D eigenvalue weighted by Crippen LogP contribution is -2.38. The van der Waals surface area contributed by atoms with Crippen LogP contribution in [0.1, 0.15) is 48.0 Å². The maximum Gasteiger partial charge on any atom is 0.157 e. The number of benzene rings is 1. The number of rotatable bonds is 6. The summed E-state index contributed by atoms with van der Waals surface area (Å²) in [7, 11) is 1.65. The Morgan fingerprint density at radius 1 is 1.03 bits per heavy atom. The van der Waals surface area contributed by atoms with Crippen molar-refractivity contribution in [1.82, 2.24) is 14.9 Å². The minimum Gasteiger partial charge on any atom is -0.497 e. The number of aliphatic hydroxyl groups is 1. The smallest absolute Gasteiger partial charge is 0.157 e. The van der Waals surface area contributed by atoms with E-state index in [1.54, 1.807) is 7.11 Å². The Kier molecular flexibility index (Phi) is 6.90. The maximum absolute atomic E-state index is 10.7. The average Bonchev–Trinajstić information content (AvgIpc) is 2.89. The molecule has 5 rings (SSSR count). The van der Waals surface area contributed by atoms with Gasteiger partial charge in [-0.3, -0.25) is 4.90 Å². The molecule has 0 amide bonds. The van der Waals surface area contributed by atoms with Gasteiger partial charge in [-0.05, 0) is 55.4 Å². The fourth-order valence-corrected chi connectivity index (χ4v) is 5.01. The van der Waals surface area contributed by atoms with Crippen LogP contribution in [0.5, 0.6) is 5.75 Å². The molecule has 176 valence electrons. The Labute approximate surface area is 196 Å². The number of methoxy groups -OCH3 is 1. The van der Waals surface area contributed by atoms with Gasteiger partial charge in [-0.15, -0.1) is 0 Å². The number of nitrogens with zero attached hydrogens (tertiary/aromatic N) is 4. The van der Waals surface area contributed by atoms with Crippen LogP contribution in [0.4, 0.5) is 5.82 Å². The summed E-state index contributed by atoms with van der Waals surface area (Å²) in [5, 5.41) is 10.7. The first-order valence-corrected chi connectivity index (χ1v) is 12.2. The van der Waals surface area contributed by atoms with Crippen LogP contribution >= 0.6 is 0 Å². The van der Waals surface area contributed by atoms with Crippen LogP contribution < -0.4 is 9.64 Å². The largest absolute Gasteiger partial charge is 0.497 e. The summed E-state index contributed by atoms with van der Waals surface area (Å²) in [5.41, 5.74) is 4.74. The van der Waals surface area contributed by atoms with Crippen LogP contribution in [-0.2, 0) is 17.6 Å². The number of β-amino-alcohol motifs (C(OH)–C–C–N with tert-alkyl or cyclic N) is 1. The molecule has 0 saturated carbocycles. The Morgan fingerprint density at radius 2 is 1.82 bits per heavy atom. The second kappa shape index (κ2) is 10.2. The number of fused-ring (bicyclic) bond motifs is 1. The summed E-state index contributed by atoms with van der Waals surface area (Å²) < 4.78 is 10.8. The topological polar surface area (TPSA) is 71.0 Å². The molecule has 1 N–H and O–H groups in total. The predicted molar refractivity (Wildman–Crippen MR) is 129 cm³/mol. The molecule has 3 heterocycles. The van der Waals surface area contributed by atoms with E-state index in [4.69, 9.17) is 19.4 Å². The lowest BCUT2D eigenvalue weighted by atomic mass is 9.95. The van der Waals surface area contributed by atoms with E-state index in [0.29, 0.717) is 6.54 Å². The molecule has 7 heteroatoms. The third-order valence-corrected chi connectivity index (χ3v) is 6.98. The molecule has 1 atom stereocenters. The van der Waals surface area contributed by atoms with Crippen LogP contribution in [-0.4, -0.2) is 73.0 Å². The van der Waals surface area contributed by atoms with E-state index in [0.717, 1.165) is 81.6 Å². The van der Waals surface area contributed by atoms with Crippen LogP contribution in [0, 0.1) is 0 Å². The number of hydrogen-bond donors (Lipinski definition) is 1. The Hall–Kier alpha value is -2.48. The van der Waals surface area contributed by atoms with E-state index in [1.165, 1.54) is 29.7 Å². The molecule has 0 spiro atoms. The molecule has 0 radical (unpaired) electrons. The van der Waals surface area contributed by atoms with Gasteiger partial charge in [-0.1, -0.05) is 18.2 Å².